The second kappa shape index (κ2) is 7.93. The molecule has 150 valence electrons. The Morgan fingerprint density at radius 1 is 0.931 bits per heavy atom. The van der Waals surface area contributed by atoms with E-state index in [9.17, 15) is 13.2 Å². The van der Waals surface area contributed by atoms with E-state index in [-0.39, 0.29) is 17.3 Å². The van der Waals surface area contributed by atoms with Crippen LogP contribution >= 0.6 is 0 Å². The average Bonchev–Trinajstić information content (AvgIpc) is 3.00. The first-order valence-electron chi connectivity index (χ1n) is 9.68. The first kappa shape index (κ1) is 19.5. The molecule has 0 spiro atoms. The predicted octanol–water partition coefficient (Wildman–Crippen LogP) is 3.08. The summed E-state index contributed by atoms with van der Waals surface area (Å²) in [4.78, 5) is 19.7. The quantitative estimate of drug-likeness (QED) is 0.667. The molecule has 1 amide bonds. The molecule has 0 bridgehead atoms. The molecule has 29 heavy (non-hydrogen) atoms. The van der Waals surface area contributed by atoms with Crippen molar-refractivity contribution in [3.63, 3.8) is 0 Å². The fourth-order valence-electron chi connectivity index (χ4n) is 3.68. The van der Waals surface area contributed by atoms with Gasteiger partial charge in [0.1, 0.15) is 0 Å². The Morgan fingerprint density at radius 3 is 2.45 bits per heavy atom. The first-order valence-corrected chi connectivity index (χ1v) is 11.1. The molecule has 0 aliphatic carbocycles. The molecule has 1 aromatic heterocycles. The van der Waals surface area contributed by atoms with Gasteiger partial charge in [0.05, 0.1) is 21.7 Å². The van der Waals surface area contributed by atoms with E-state index >= 15 is 0 Å². The number of sulfonamides is 1. The van der Waals surface area contributed by atoms with Crippen LogP contribution < -0.4 is 0 Å². The van der Waals surface area contributed by atoms with E-state index in [4.69, 9.17) is 0 Å². The van der Waals surface area contributed by atoms with Crippen LogP contribution in [0.25, 0.3) is 10.9 Å². The fraction of sp³-hybridized carbons (Fsp3) is 0.273. The minimum absolute atomic E-state index is 0.0975. The van der Waals surface area contributed by atoms with Crippen molar-refractivity contribution in [3.8, 4) is 0 Å². The van der Waals surface area contributed by atoms with E-state index in [0.717, 1.165) is 10.9 Å². The monoisotopic (exact) mass is 409 g/mol. The van der Waals surface area contributed by atoms with E-state index < -0.39 is 10.0 Å². The van der Waals surface area contributed by atoms with E-state index in [2.05, 4.69) is 4.98 Å². The summed E-state index contributed by atoms with van der Waals surface area (Å²) in [6.45, 7) is 3.39. The van der Waals surface area contributed by atoms with Gasteiger partial charge >= 0.3 is 0 Å². The predicted molar refractivity (Wildman–Crippen MR) is 112 cm³/mol. The van der Waals surface area contributed by atoms with Crippen molar-refractivity contribution in [1.82, 2.24) is 14.2 Å². The summed E-state index contributed by atoms with van der Waals surface area (Å²) in [6, 6.07) is 18.0. The number of aromatic nitrogens is 1. The van der Waals surface area contributed by atoms with E-state index in [1.165, 1.54) is 4.31 Å². The van der Waals surface area contributed by atoms with Crippen LogP contribution in [0.4, 0.5) is 0 Å². The minimum atomic E-state index is -3.55. The third-order valence-electron chi connectivity index (χ3n) is 5.27. The van der Waals surface area contributed by atoms with Crippen molar-refractivity contribution < 1.29 is 13.2 Å². The van der Waals surface area contributed by atoms with Crippen molar-refractivity contribution in [2.75, 3.05) is 26.2 Å². The minimum Gasteiger partial charge on any atom is -0.337 e. The van der Waals surface area contributed by atoms with E-state index in [0.29, 0.717) is 37.3 Å². The highest BCUT2D eigenvalue weighted by Gasteiger charge is 2.29. The maximum atomic E-state index is 13.2. The second-order valence-electron chi connectivity index (χ2n) is 7.18. The molecule has 0 saturated carbocycles. The number of carbonyl (C=O) groups excluding carboxylic acids is 1. The molecular formula is C22H23N3O3S. The van der Waals surface area contributed by atoms with E-state index in [1.54, 1.807) is 35.2 Å². The van der Waals surface area contributed by atoms with Crippen LogP contribution in [0.15, 0.2) is 65.6 Å². The summed E-state index contributed by atoms with van der Waals surface area (Å²) >= 11 is 0. The zero-order valence-corrected chi connectivity index (χ0v) is 17.1. The van der Waals surface area contributed by atoms with Gasteiger partial charge in [-0.2, -0.15) is 4.31 Å². The summed E-state index contributed by atoms with van der Waals surface area (Å²) in [7, 11) is -3.55. The lowest BCUT2D eigenvalue weighted by molar-refractivity contribution is 0.0763. The number of fused-ring (bicyclic) bond motifs is 1. The van der Waals surface area contributed by atoms with Crippen LogP contribution in [-0.2, 0) is 10.0 Å². The molecule has 7 heteroatoms. The summed E-state index contributed by atoms with van der Waals surface area (Å²) in [5.74, 6) is -0.0975. The maximum Gasteiger partial charge on any atom is 0.255 e. The summed E-state index contributed by atoms with van der Waals surface area (Å²) < 4.78 is 27.3. The van der Waals surface area contributed by atoms with Gasteiger partial charge in [-0.3, -0.25) is 9.78 Å². The lowest BCUT2D eigenvalue weighted by atomic mass is 10.1. The summed E-state index contributed by atoms with van der Waals surface area (Å²) in [5.41, 5.74) is 2.12. The Morgan fingerprint density at radius 2 is 1.66 bits per heavy atom. The number of rotatable bonds is 3. The molecule has 2 heterocycles. The van der Waals surface area contributed by atoms with Crippen LogP contribution in [0.5, 0.6) is 0 Å². The molecule has 0 atom stereocenters. The number of para-hydroxylation sites is 1. The molecule has 3 aromatic rings. The Kier molecular flexibility index (Phi) is 5.34. The number of hydrogen-bond donors (Lipinski definition) is 0. The fourth-order valence-corrected chi connectivity index (χ4v) is 5.17. The van der Waals surface area contributed by atoms with Crippen LogP contribution in [0.2, 0.25) is 0 Å². The van der Waals surface area contributed by atoms with Gasteiger partial charge < -0.3 is 4.90 Å². The second-order valence-corrected chi connectivity index (χ2v) is 9.11. The van der Waals surface area contributed by atoms with Gasteiger partial charge in [-0.25, -0.2) is 8.42 Å². The van der Waals surface area contributed by atoms with Crippen molar-refractivity contribution >= 4 is 26.8 Å². The Labute approximate surface area is 170 Å². The summed E-state index contributed by atoms with van der Waals surface area (Å²) in [5, 5.41) is 0.921. The van der Waals surface area contributed by atoms with E-state index in [1.807, 2.05) is 37.3 Å². The SMILES string of the molecule is Cc1nc2ccccc2cc1C(=O)N1CCCN(S(=O)(=O)c2ccccc2)CC1. The molecule has 1 aliphatic rings. The highest BCUT2D eigenvalue weighted by molar-refractivity contribution is 7.89. The molecule has 0 radical (unpaired) electrons. The van der Waals surface area contributed by atoms with Gasteiger partial charge in [-0.1, -0.05) is 36.4 Å². The molecule has 1 fully saturated rings. The Hall–Kier alpha value is -2.77. The molecule has 0 unspecified atom stereocenters. The number of pyridine rings is 1. The van der Waals surface area contributed by atoms with Crippen LogP contribution in [-0.4, -0.2) is 54.7 Å². The topological polar surface area (TPSA) is 70.6 Å². The van der Waals surface area contributed by atoms with Crippen molar-refractivity contribution in [2.45, 2.75) is 18.2 Å². The lowest BCUT2D eigenvalue weighted by Gasteiger charge is -2.22. The highest BCUT2D eigenvalue weighted by atomic mass is 32.2. The highest BCUT2D eigenvalue weighted by Crippen LogP contribution is 2.21. The van der Waals surface area contributed by atoms with Gasteiger partial charge in [-0.15, -0.1) is 0 Å². The summed E-state index contributed by atoms with van der Waals surface area (Å²) in [6.07, 6.45) is 0.595. The molecule has 4 rings (SSSR count). The normalized spacial score (nSPS) is 16.0. The average molecular weight is 410 g/mol. The zero-order valence-electron chi connectivity index (χ0n) is 16.3. The third-order valence-corrected chi connectivity index (χ3v) is 7.18. The van der Waals surface area contributed by atoms with Crippen molar-refractivity contribution in [3.05, 3.63) is 71.9 Å². The molecule has 1 aliphatic heterocycles. The number of amides is 1. The van der Waals surface area contributed by atoms with Crippen molar-refractivity contribution in [1.29, 1.82) is 0 Å². The van der Waals surface area contributed by atoms with Gasteiger partial charge in [0.25, 0.3) is 5.91 Å². The maximum absolute atomic E-state index is 13.2. The van der Waals surface area contributed by atoms with Gasteiger partial charge in [-0.05, 0) is 37.6 Å². The lowest BCUT2D eigenvalue weighted by Crippen LogP contribution is -2.37. The largest absolute Gasteiger partial charge is 0.337 e. The third kappa shape index (κ3) is 3.88. The Balaban J connectivity index is 1.54. The first-order chi connectivity index (χ1) is 14.0. The smallest absolute Gasteiger partial charge is 0.255 e. The standard InChI is InChI=1S/C22H23N3O3S/c1-17-20(16-18-8-5-6-11-21(18)23-17)22(26)24-12-7-13-25(15-14-24)29(27,28)19-9-3-2-4-10-19/h2-6,8-11,16H,7,12-15H2,1H3. The molecular weight excluding hydrogens is 386 g/mol. The van der Waals surface area contributed by atoms with Crippen LogP contribution in [0, 0.1) is 6.92 Å². The molecule has 1 saturated heterocycles. The van der Waals surface area contributed by atoms with Gasteiger partial charge in [0, 0.05) is 31.6 Å². The van der Waals surface area contributed by atoms with Crippen LogP contribution in [0.3, 0.4) is 0 Å². The number of aryl methyl sites for hydroxylation is 1. The number of nitrogens with zero attached hydrogens (tertiary/aromatic N) is 3. The molecule has 0 N–H and O–H groups in total. The number of benzene rings is 2. The zero-order chi connectivity index (χ0) is 20.4. The van der Waals surface area contributed by atoms with Gasteiger partial charge in [0.2, 0.25) is 10.0 Å². The van der Waals surface area contributed by atoms with Crippen molar-refractivity contribution in [2.24, 2.45) is 0 Å². The Bertz CT molecular complexity index is 1150. The number of hydrogen-bond acceptors (Lipinski definition) is 4. The number of carbonyl (C=O) groups is 1. The van der Waals surface area contributed by atoms with Crippen LogP contribution in [0.1, 0.15) is 22.5 Å². The molecule has 2 aromatic carbocycles. The molecule has 6 nitrogen and oxygen atoms in total. The van der Waals surface area contributed by atoms with Gasteiger partial charge in [0.15, 0.2) is 0 Å².